The highest BCUT2D eigenvalue weighted by atomic mass is 32.1. The zero-order valence-corrected chi connectivity index (χ0v) is 21.4. The van der Waals surface area contributed by atoms with Crippen LogP contribution in [-0.4, -0.2) is 47.7 Å². The summed E-state index contributed by atoms with van der Waals surface area (Å²) in [5.74, 6) is 7.72. The zero-order valence-electron chi connectivity index (χ0n) is 20.6. The zero-order chi connectivity index (χ0) is 24.6. The number of aryl methyl sites for hydroxylation is 2. The van der Waals surface area contributed by atoms with Crippen LogP contribution in [0.5, 0.6) is 5.75 Å². The lowest BCUT2D eigenvalue weighted by Crippen LogP contribution is -2.41. The topological polar surface area (TPSA) is 62.7 Å². The predicted molar refractivity (Wildman–Crippen MR) is 142 cm³/mol. The molecule has 1 aliphatic rings. The number of aromatic nitrogens is 1. The monoisotopic (exact) mass is 490 g/mol. The lowest BCUT2D eigenvalue weighted by molar-refractivity contribution is -0.137. The van der Waals surface area contributed by atoms with E-state index in [4.69, 9.17) is 4.74 Å². The summed E-state index contributed by atoms with van der Waals surface area (Å²) in [6, 6.07) is 12.3. The molecular weight excluding hydrogens is 456 g/mol. The highest BCUT2D eigenvalue weighted by Crippen LogP contribution is 2.32. The number of hydrogen-bond donors (Lipinski definition) is 1. The van der Waals surface area contributed by atoms with Gasteiger partial charge in [0.2, 0.25) is 0 Å². The number of methoxy groups -OCH3 is 1. The van der Waals surface area contributed by atoms with E-state index in [-0.39, 0.29) is 6.42 Å². The van der Waals surface area contributed by atoms with Crippen LogP contribution in [0.1, 0.15) is 47.4 Å². The molecule has 2 unspecified atom stereocenters. The van der Waals surface area contributed by atoms with Crippen LogP contribution < -0.4 is 4.74 Å². The number of carbonyl (C=O) groups is 1. The van der Waals surface area contributed by atoms with Gasteiger partial charge in [0, 0.05) is 29.4 Å². The number of thiophene rings is 1. The number of piperidine rings is 1. The molecule has 5 nitrogen and oxygen atoms in total. The van der Waals surface area contributed by atoms with Crippen molar-refractivity contribution in [2.45, 2.75) is 45.4 Å². The van der Waals surface area contributed by atoms with Crippen LogP contribution in [0.15, 0.2) is 42.6 Å². The summed E-state index contributed by atoms with van der Waals surface area (Å²) in [6.45, 7) is 4.81. The van der Waals surface area contributed by atoms with E-state index in [2.05, 4.69) is 52.9 Å². The molecule has 6 heteroatoms. The van der Waals surface area contributed by atoms with E-state index < -0.39 is 5.97 Å². The first-order valence-corrected chi connectivity index (χ1v) is 13.2. The second kappa shape index (κ2) is 12.2. The number of pyridine rings is 1. The van der Waals surface area contributed by atoms with Crippen molar-refractivity contribution in [3.63, 3.8) is 0 Å². The Morgan fingerprint density at radius 1 is 1.23 bits per heavy atom. The van der Waals surface area contributed by atoms with Crippen molar-refractivity contribution in [2.24, 2.45) is 11.8 Å². The van der Waals surface area contributed by atoms with E-state index in [1.54, 1.807) is 18.4 Å². The maximum atomic E-state index is 11.3. The third-order valence-corrected chi connectivity index (χ3v) is 7.94. The molecule has 1 fully saturated rings. The molecule has 3 aromatic rings. The molecule has 0 radical (unpaired) electrons. The summed E-state index contributed by atoms with van der Waals surface area (Å²) in [5.41, 5.74) is 2.29. The molecule has 0 bridgehead atoms. The van der Waals surface area contributed by atoms with Crippen molar-refractivity contribution < 1.29 is 14.6 Å². The third-order valence-electron chi connectivity index (χ3n) is 7.02. The Bertz CT molecular complexity index is 1210. The summed E-state index contributed by atoms with van der Waals surface area (Å²) >= 11 is 1.73. The lowest BCUT2D eigenvalue weighted by Gasteiger charge is -2.38. The fraction of sp³-hybridized carbons (Fsp3) is 0.448. The molecule has 0 amide bonds. The molecule has 1 N–H and O–H groups in total. The first kappa shape index (κ1) is 25.2. The summed E-state index contributed by atoms with van der Waals surface area (Å²) in [7, 11) is 1.69. The quantitative estimate of drug-likeness (QED) is 0.385. The SMILES string of the molecule is COc1ccc2nccc(CCCC3CCN(CC#Cc4ccc(C)s4)CC3CCC(=O)O)c2c1. The minimum Gasteiger partial charge on any atom is -0.497 e. The highest BCUT2D eigenvalue weighted by molar-refractivity contribution is 7.12. The van der Waals surface area contributed by atoms with Crippen molar-refractivity contribution in [3.05, 3.63) is 57.9 Å². The predicted octanol–water partition coefficient (Wildman–Crippen LogP) is 5.79. The Hall–Kier alpha value is -2.88. The Labute approximate surface area is 212 Å². The maximum absolute atomic E-state index is 11.3. The highest BCUT2D eigenvalue weighted by Gasteiger charge is 2.29. The normalized spacial score (nSPS) is 18.2. The smallest absolute Gasteiger partial charge is 0.303 e. The Morgan fingerprint density at radius 3 is 2.89 bits per heavy atom. The van der Waals surface area contributed by atoms with Crippen LogP contribution in [0.3, 0.4) is 0 Å². The van der Waals surface area contributed by atoms with Gasteiger partial charge in [-0.25, -0.2) is 0 Å². The van der Waals surface area contributed by atoms with Gasteiger partial charge in [0.25, 0.3) is 0 Å². The number of likely N-dealkylation sites (tertiary alicyclic amines) is 1. The van der Waals surface area contributed by atoms with E-state index in [1.165, 1.54) is 10.4 Å². The molecule has 1 saturated heterocycles. The molecule has 0 spiro atoms. The molecule has 1 aromatic carbocycles. The van der Waals surface area contributed by atoms with Gasteiger partial charge in [-0.2, -0.15) is 0 Å². The van der Waals surface area contributed by atoms with Crippen molar-refractivity contribution in [1.29, 1.82) is 0 Å². The molecule has 2 atom stereocenters. The average Bonchev–Trinajstić information content (AvgIpc) is 3.28. The summed E-state index contributed by atoms with van der Waals surface area (Å²) in [6.07, 6.45) is 7.16. The van der Waals surface area contributed by atoms with Crippen LogP contribution in [0.2, 0.25) is 0 Å². The summed E-state index contributed by atoms with van der Waals surface area (Å²) < 4.78 is 5.41. The van der Waals surface area contributed by atoms with Gasteiger partial charge in [0.15, 0.2) is 0 Å². The van der Waals surface area contributed by atoms with Crippen LogP contribution in [0.4, 0.5) is 0 Å². The Morgan fingerprint density at radius 2 is 2.11 bits per heavy atom. The number of benzene rings is 1. The van der Waals surface area contributed by atoms with Gasteiger partial charge in [-0.1, -0.05) is 11.8 Å². The molecule has 1 aliphatic heterocycles. The van der Waals surface area contributed by atoms with Crippen LogP contribution in [0.25, 0.3) is 10.9 Å². The van der Waals surface area contributed by atoms with Crippen LogP contribution in [0, 0.1) is 30.6 Å². The summed E-state index contributed by atoms with van der Waals surface area (Å²) in [4.78, 5) is 20.6. The number of carboxylic acids is 1. The minimum absolute atomic E-state index is 0.240. The van der Waals surface area contributed by atoms with Crippen LogP contribution in [-0.2, 0) is 11.2 Å². The maximum Gasteiger partial charge on any atom is 0.303 e. The molecule has 0 aliphatic carbocycles. The van der Waals surface area contributed by atoms with Crippen molar-refractivity contribution in [2.75, 3.05) is 26.7 Å². The fourth-order valence-corrected chi connectivity index (χ4v) is 5.88. The van der Waals surface area contributed by atoms with Gasteiger partial charge in [-0.3, -0.25) is 14.7 Å². The average molecular weight is 491 g/mol. The minimum atomic E-state index is -0.703. The number of nitrogens with zero attached hydrogens (tertiary/aromatic N) is 2. The van der Waals surface area contributed by atoms with E-state index >= 15 is 0 Å². The van der Waals surface area contributed by atoms with E-state index in [0.29, 0.717) is 11.8 Å². The molecule has 4 rings (SSSR count). The number of rotatable bonds is 9. The molecule has 0 saturated carbocycles. The third kappa shape index (κ3) is 7.06. The second-order valence-corrected chi connectivity index (χ2v) is 10.7. The first-order chi connectivity index (χ1) is 17.0. The van der Waals surface area contributed by atoms with Crippen molar-refractivity contribution in [3.8, 4) is 17.6 Å². The number of aliphatic carboxylic acids is 1. The molecule has 2 aromatic heterocycles. The standard InChI is InChI=1S/C29H34N2O3S/c1-21-8-11-26(35-21)7-4-17-31-18-15-22(24(20-31)9-13-29(32)33)5-3-6-23-14-16-30-28-12-10-25(34-2)19-27(23)28/h8,10-12,14,16,19,22,24H,3,5-6,9,13,15,17-18,20H2,1-2H3,(H,32,33). The largest absolute Gasteiger partial charge is 0.497 e. The van der Waals surface area contributed by atoms with Gasteiger partial charge >= 0.3 is 5.97 Å². The number of hydrogen-bond acceptors (Lipinski definition) is 5. The van der Waals surface area contributed by atoms with Gasteiger partial charge in [-0.15, -0.1) is 11.3 Å². The molecule has 35 heavy (non-hydrogen) atoms. The van der Waals surface area contributed by atoms with Crippen molar-refractivity contribution in [1.82, 2.24) is 9.88 Å². The molecule has 3 heterocycles. The number of ether oxygens (including phenoxy) is 1. The Balaban J connectivity index is 1.35. The number of fused-ring (bicyclic) bond motifs is 1. The fourth-order valence-electron chi connectivity index (χ4n) is 5.14. The first-order valence-electron chi connectivity index (χ1n) is 12.4. The van der Waals surface area contributed by atoms with E-state index in [1.807, 2.05) is 18.3 Å². The molecular formula is C29H34N2O3S. The van der Waals surface area contributed by atoms with Crippen LogP contribution >= 0.6 is 11.3 Å². The second-order valence-electron chi connectivity index (χ2n) is 9.43. The molecule has 184 valence electrons. The Kier molecular flexibility index (Phi) is 8.79. The number of carboxylic acid groups (broad SMARTS) is 1. The van der Waals surface area contributed by atoms with E-state index in [0.717, 1.165) is 73.3 Å². The van der Waals surface area contributed by atoms with Crippen molar-refractivity contribution >= 4 is 28.2 Å². The summed E-state index contributed by atoms with van der Waals surface area (Å²) in [5, 5.41) is 10.4. The lowest BCUT2D eigenvalue weighted by atomic mass is 9.79. The van der Waals surface area contributed by atoms with Gasteiger partial charge in [0.05, 0.1) is 24.0 Å². The van der Waals surface area contributed by atoms with Gasteiger partial charge < -0.3 is 9.84 Å². The van der Waals surface area contributed by atoms with Gasteiger partial charge in [0.1, 0.15) is 5.75 Å². The van der Waals surface area contributed by atoms with E-state index in [9.17, 15) is 9.90 Å². The van der Waals surface area contributed by atoms with Gasteiger partial charge in [-0.05, 0) is 99.4 Å².